The Hall–Kier alpha value is -3.21. The molecule has 0 radical (unpaired) electrons. The van der Waals surface area contributed by atoms with Crippen molar-refractivity contribution in [3.05, 3.63) is 76.1 Å². The van der Waals surface area contributed by atoms with Gasteiger partial charge in [-0.15, -0.1) is 0 Å². The Kier molecular flexibility index (Phi) is 15.1. The summed E-state index contributed by atoms with van der Waals surface area (Å²) in [6, 6.07) is 16.6. The summed E-state index contributed by atoms with van der Waals surface area (Å²) in [4.78, 5) is 14.1. The molecule has 1 N–H and O–H groups in total. The molecule has 0 aliphatic rings. The summed E-state index contributed by atoms with van der Waals surface area (Å²) >= 11 is 0. The zero-order valence-electron chi connectivity index (χ0n) is 26.7. The largest absolute Gasteiger partial charge is 0.485 e. The number of unbranched alkanes of at least 4 members (excludes halogenated alkanes) is 10. The molecule has 42 heavy (non-hydrogen) atoms. The number of ether oxygens (including phenoxy) is 2. The maximum atomic E-state index is 14.1. The summed E-state index contributed by atoms with van der Waals surface area (Å²) in [5.74, 6) is 0.918. The van der Waals surface area contributed by atoms with Gasteiger partial charge in [0.15, 0.2) is 5.75 Å². The molecular formula is C37H54N2O3. The first-order chi connectivity index (χ1) is 20.5. The van der Waals surface area contributed by atoms with E-state index in [-0.39, 0.29) is 5.56 Å². The van der Waals surface area contributed by atoms with E-state index in [1.807, 2.05) is 16.7 Å². The smallest absolute Gasteiger partial charge is 0.297 e. The van der Waals surface area contributed by atoms with Gasteiger partial charge in [0.05, 0.1) is 12.1 Å². The number of aromatic nitrogens is 1. The number of aryl methyl sites for hydroxylation is 1. The molecule has 1 heterocycles. The van der Waals surface area contributed by atoms with Crippen molar-refractivity contribution in [2.24, 2.45) is 0 Å². The minimum atomic E-state index is -0.0885. The van der Waals surface area contributed by atoms with E-state index >= 15 is 0 Å². The van der Waals surface area contributed by atoms with E-state index in [9.17, 15) is 4.79 Å². The molecule has 1 aromatic heterocycles. The monoisotopic (exact) mass is 574 g/mol. The van der Waals surface area contributed by atoms with Gasteiger partial charge in [0.2, 0.25) is 5.75 Å². The van der Waals surface area contributed by atoms with E-state index in [1.165, 1.54) is 62.5 Å². The molecule has 0 unspecified atom stereocenters. The van der Waals surface area contributed by atoms with E-state index in [1.54, 1.807) is 0 Å². The van der Waals surface area contributed by atoms with E-state index < -0.39 is 0 Å². The highest BCUT2D eigenvalue weighted by Gasteiger charge is 2.20. The van der Waals surface area contributed by atoms with Gasteiger partial charge in [0.1, 0.15) is 6.61 Å². The molecule has 5 heteroatoms. The first kappa shape index (κ1) is 33.3. The summed E-state index contributed by atoms with van der Waals surface area (Å²) in [5.41, 5.74) is 4.18. The second-order valence-corrected chi connectivity index (χ2v) is 11.7. The molecule has 0 atom stereocenters. The Bertz CT molecular complexity index is 1280. The lowest BCUT2D eigenvalue weighted by molar-refractivity contribution is 0.272. The number of pyridine rings is 1. The molecule has 0 aliphatic carbocycles. The van der Waals surface area contributed by atoms with E-state index in [0.29, 0.717) is 31.3 Å². The minimum absolute atomic E-state index is 0.0885. The molecule has 0 spiro atoms. The van der Waals surface area contributed by atoms with Crippen LogP contribution in [0.2, 0.25) is 0 Å². The predicted octanol–water partition coefficient (Wildman–Crippen LogP) is 10.1. The average molecular weight is 575 g/mol. The van der Waals surface area contributed by atoms with Crippen LogP contribution in [0.15, 0.2) is 65.0 Å². The van der Waals surface area contributed by atoms with Crippen LogP contribution >= 0.6 is 0 Å². The molecule has 0 aliphatic heterocycles. The molecule has 0 fully saturated rings. The zero-order chi connectivity index (χ0) is 30.0. The molecule has 3 aromatic rings. The van der Waals surface area contributed by atoms with Gasteiger partial charge in [-0.3, -0.25) is 4.79 Å². The van der Waals surface area contributed by atoms with Crippen molar-refractivity contribution in [1.29, 1.82) is 0 Å². The average Bonchev–Trinajstić information content (AvgIpc) is 2.99. The van der Waals surface area contributed by atoms with E-state index in [4.69, 9.17) is 9.47 Å². The van der Waals surface area contributed by atoms with Crippen molar-refractivity contribution in [3.8, 4) is 11.5 Å². The number of rotatable bonds is 21. The van der Waals surface area contributed by atoms with Crippen LogP contribution < -0.4 is 20.3 Å². The van der Waals surface area contributed by atoms with Crippen LogP contribution in [-0.4, -0.2) is 17.8 Å². The highest BCUT2D eigenvalue weighted by molar-refractivity contribution is 5.90. The summed E-state index contributed by atoms with van der Waals surface area (Å²) in [6.45, 7) is 10.9. The van der Waals surface area contributed by atoms with Crippen LogP contribution in [0.5, 0.6) is 11.5 Å². The number of allylic oxidation sites excluding steroid dienone is 1. The maximum Gasteiger partial charge on any atom is 0.297 e. The molecule has 230 valence electrons. The Morgan fingerprint density at radius 1 is 0.786 bits per heavy atom. The van der Waals surface area contributed by atoms with Gasteiger partial charge < -0.3 is 19.4 Å². The normalized spacial score (nSPS) is 11.0. The third-order valence-electron chi connectivity index (χ3n) is 7.72. The topological polar surface area (TPSA) is 52.5 Å². The lowest BCUT2D eigenvalue weighted by atomic mass is 10.1. The van der Waals surface area contributed by atoms with Gasteiger partial charge in [-0.05, 0) is 56.5 Å². The number of benzene rings is 2. The quantitative estimate of drug-likeness (QED) is 0.102. The standard InChI is InChI=1S/C37H54N2O3/c1-5-7-9-11-13-18-25-39-34-28-32(38-29-31-20-16-15-17-21-31)22-23-33(34)35(42-27-24-30(3)4)36(37(39)40)41-26-19-14-12-10-8-6-2/h15-17,20-24,28,38H,5-14,18-19,25-27,29H2,1-4H3. The number of nitrogens with one attached hydrogen (secondary N) is 1. The van der Waals surface area contributed by atoms with Gasteiger partial charge in [-0.1, -0.05) is 114 Å². The van der Waals surface area contributed by atoms with Crippen molar-refractivity contribution in [3.63, 3.8) is 0 Å². The SMILES string of the molecule is CCCCCCCCOc1c(OCC=C(C)C)c2ccc(NCc3ccccc3)cc2n(CCCCCCCC)c1=O. The minimum Gasteiger partial charge on any atom is -0.485 e. The number of hydrogen-bond acceptors (Lipinski definition) is 4. The molecule has 0 amide bonds. The second-order valence-electron chi connectivity index (χ2n) is 11.7. The fourth-order valence-electron chi connectivity index (χ4n) is 5.20. The van der Waals surface area contributed by atoms with Crippen LogP contribution in [0.1, 0.15) is 110 Å². The van der Waals surface area contributed by atoms with Crippen LogP contribution in [0, 0.1) is 0 Å². The Balaban J connectivity index is 1.93. The van der Waals surface area contributed by atoms with Crippen LogP contribution in [0.3, 0.4) is 0 Å². The summed E-state index contributed by atoms with van der Waals surface area (Å²) in [5, 5.41) is 4.47. The van der Waals surface area contributed by atoms with Crippen LogP contribution in [-0.2, 0) is 13.1 Å². The van der Waals surface area contributed by atoms with Gasteiger partial charge in [-0.25, -0.2) is 0 Å². The number of hydrogen-bond donors (Lipinski definition) is 1. The number of anilines is 1. The van der Waals surface area contributed by atoms with Crippen molar-refractivity contribution in [2.45, 2.75) is 118 Å². The molecular weight excluding hydrogens is 520 g/mol. The molecule has 0 bridgehead atoms. The van der Waals surface area contributed by atoms with Gasteiger partial charge in [0, 0.05) is 24.2 Å². The Morgan fingerprint density at radius 3 is 2.14 bits per heavy atom. The van der Waals surface area contributed by atoms with Gasteiger partial charge in [0.25, 0.3) is 5.56 Å². The lowest BCUT2D eigenvalue weighted by Gasteiger charge is -2.19. The Labute approximate surface area is 254 Å². The van der Waals surface area contributed by atoms with Crippen molar-refractivity contribution in [2.75, 3.05) is 18.5 Å². The number of nitrogens with zero attached hydrogens (tertiary/aromatic N) is 1. The van der Waals surface area contributed by atoms with Crippen molar-refractivity contribution >= 4 is 16.6 Å². The summed E-state index contributed by atoms with van der Waals surface area (Å²) < 4.78 is 14.5. The first-order valence-electron chi connectivity index (χ1n) is 16.4. The van der Waals surface area contributed by atoms with Gasteiger partial charge in [-0.2, -0.15) is 0 Å². The second kappa shape index (κ2) is 19.1. The molecule has 0 saturated carbocycles. The first-order valence-corrected chi connectivity index (χ1v) is 16.4. The Morgan fingerprint density at radius 2 is 1.45 bits per heavy atom. The highest BCUT2D eigenvalue weighted by Crippen LogP contribution is 2.35. The maximum absolute atomic E-state index is 14.1. The van der Waals surface area contributed by atoms with E-state index in [0.717, 1.165) is 48.8 Å². The fraction of sp³-hybridized carbons (Fsp3) is 0.541. The summed E-state index contributed by atoms with van der Waals surface area (Å²) in [6.07, 6.45) is 16.1. The fourth-order valence-corrected chi connectivity index (χ4v) is 5.20. The van der Waals surface area contributed by atoms with Crippen molar-refractivity contribution < 1.29 is 9.47 Å². The van der Waals surface area contributed by atoms with E-state index in [2.05, 4.69) is 75.5 Å². The predicted molar refractivity (Wildman–Crippen MR) is 179 cm³/mol. The van der Waals surface area contributed by atoms with Gasteiger partial charge >= 0.3 is 0 Å². The molecule has 2 aromatic carbocycles. The van der Waals surface area contributed by atoms with Crippen LogP contribution in [0.4, 0.5) is 5.69 Å². The zero-order valence-corrected chi connectivity index (χ0v) is 26.7. The molecule has 3 rings (SSSR count). The third kappa shape index (κ3) is 10.9. The van der Waals surface area contributed by atoms with Crippen molar-refractivity contribution in [1.82, 2.24) is 4.57 Å². The number of fused-ring (bicyclic) bond motifs is 1. The lowest BCUT2D eigenvalue weighted by Crippen LogP contribution is -2.24. The molecule has 0 saturated heterocycles. The van der Waals surface area contributed by atoms with Crippen LogP contribution in [0.25, 0.3) is 10.9 Å². The summed E-state index contributed by atoms with van der Waals surface area (Å²) in [7, 11) is 0. The highest BCUT2D eigenvalue weighted by atomic mass is 16.5. The molecule has 5 nitrogen and oxygen atoms in total. The third-order valence-corrected chi connectivity index (χ3v) is 7.72.